The Hall–Kier alpha value is -0.0900. The third-order valence-corrected chi connectivity index (χ3v) is 3.88. The van der Waals surface area contributed by atoms with E-state index in [4.69, 9.17) is 4.74 Å². The van der Waals surface area contributed by atoms with Gasteiger partial charge in [0.15, 0.2) is 9.84 Å². The molecule has 1 aliphatic rings. The quantitative estimate of drug-likeness (QED) is 0.585. The van der Waals surface area contributed by atoms with E-state index in [2.05, 4.69) is 0 Å². The molecule has 0 saturated carbocycles. The van der Waals surface area contributed by atoms with E-state index >= 15 is 0 Å². The Morgan fingerprint density at radius 1 is 1.45 bits per heavy atom. The van der Waals surface area contributed by atoms with Crippen molar-refractivity contribution in [3.63, 3.8) is 0 Å². The lowest BCUT2D eigenvalue weighted by Gasteiger charge is -2.26. The molecular formula is C7H14O3S. The van der Waals surface area contributed by atoms with Gasteiger partial charge in [0.2, 0.25) is 0 Å². The Balaban J connectivity index is 2.70. The Morgan fingerprint density at radius 3 is 2.45 bits per heavy atom. The first-order chi connectivity index (χ1) is 5.02. The van der Waals surface area contributed by atoms with Gasteiger partial charge in [-0.2, -0.15) is 0 Å². The maximum atomic E-state index is 11.1. The van der Waals surface area contributed by atoms with E-state index in [0.29, 0.717) is 13.2 Å². The highest BCUT2D eigenvalue weighted by molar-refractivity contribution is 7.91. The molecule has 2 atom stereocenters. The van der Waals surface area contributed by atoms with E-state index in [1.165, 1.54) is 6.26 Å². The van der Waals surface area contributed by atoms with Gasteiger partial charge < -0.3 is 4.74 Å². The molecule has 0 radical (unpaired) electrons. The van der Waals surface area contributed by atoms with Gasteiger partial charge in [0.05, 0.1) is 11.9 Å². The molecule has 1 saturated heterocycles. The van der Waals surface area contributed by atoms with Crippen molar-refractivity contribution < 1.29 is 13.2 Å². The summed E-state index contributed by atoms with van der Waals surface area (Å²) in [6, 6.07) is 0. The molecule has 0 N–H and O–H groups in total. The van der Waals surface area contributed by atoms with Gasteiger partial charge in [0.1, 0.15) is 0 Å². The van der Waals surface area contributed by atoms with Gasteiger partial charge in [-0.15, -0.1) is 0 Å². The van der Waals surface area contributed by atoms with E-state index < -0.39 is 9.84 Å². The summed E-state index contributed by atoms with van der Waals surface area (Å²) in [7, 11) is -2.90. The first kappa shape index (κ1) is 9.00. The predicted octanol–water partition coefficient (Wildman–Crippen LogP) is 0.456. The first-order valence-corrected chi connectivity index (χ1v) is 5.74. The van der Waals surface area contributed by atoms with Crippen LogP contribution in [0.3, 0.4) is 0 Å². The van der Waals surface area contributed by atoms with Crippen molar-refractivity contribution in [3.05, 3.63) is 0 Å². The van der Waals surface area contributed by atoms with Crippen molar-refractivity contribution >= 4 is 9.84 Å². The minimum atomic E-state index is -2.90. The molecule has 0 aromatic rings. The van der Waals surface area contributed by atoms with Gasteiger partial charge in [-0.3, -0.25) is 0 Å². The van der Waals surface area contributed by atoms with Crippen molar-refractivity contribution in [2.75, 3.05) is 19.5 Å². The molecule has 3 nitrogen and oxygen atoms in total. The fourth-order valence-corrected chi connectivity index (χ4v) is 2.69. The van der Waals surface area contributed by atoms with Crippen molar-refractivity contribution in [2.45, 2.75) is 18.6 Å². The SMILES string of the molecule is C[C@@H]1CCOC[C@@H]1S(C)(=O)=O. The highest BCUT2D eigenvalue weighted by Gasteiger charge is 2.29. The van der Waals surface area contributed by atoms with Gasteiger partial charge in [-0.1, -0.05) is 6.92 Å². The molecular weight excluding hydrogens is 164 g/mol. The van der Waals surface area contributed by atoms with E-state index in [-0.39, 0.29) is 11.2 Å². The van der Waals surface area contributed by atoms with E-state index in [9.17, 15) is 8.42 Å². The summed E-state index contributed by atoms with van der Waals surface area (Å²) in [6.07, 6.45) is 2.14. The molecule has 0 aliphatic carbocycles. The number of rotatable bonds is 1. The summed E-state index contributed by atoms with van der Waals surface area (Å²) in [5, 5.41) is -0.281. The molecule has 0 spiro atoms. The molecule has 0 aromatic heterocycles. The molecule has 1 heterocycles. The van der Waals surface area contributed by atoms with Crippen LogP contribution in [-0.2, 0) is 14.6 Å². The van der Waals surface area contributed by atoms with E-state index in [0.717, 1.165) is 6.42 Å². The maximum absolute atomic E-state index is 11.1. The number of hydrogen-bond donors (Lipinski definition) is 0. The smallest absolute Gasteiger partial charge is 0.152 e. The molecule has 0 amide bonds. The van der Waals surface area contributed by atoms with Crippen LogP contribution < -0.4 is 0 Å². The number of sulfone groups is 1. The Bertz CT molecular complexity index is 220. The van der Waals surface area contributed by atoms with Gasteiger partial charge in [0, 0.05) is 12.9 Å². The van der Waals surface area contributed by atoms with Gasteiger partial charge >= 0.3 is 0 Å². The van der Waals surface area contributed by atoms with Crippen molar-refractivity contribution in [1.29, 1.82) is 0 Å². The molecule has 0 bridgehead atoms. The Morgan fingerprint density at radius 2 is 2.09 bits per heavy atom. The van der Waals surface area contributed by atoms with Crippen LogP contribution in [0.1, 0.15) is 13.3 Å². The van der Waals surface area contributed by atoms with Gasteiger partial charge in [-0.25, -0.2) is 8.42 Å². The van der Waals surface area contributed by atoms with Crippen LogP contribution in [0, 0.1) is 5.92 Å². The Labute approximate surface area is 67.7 Å². The topological polar surface area (TPSA) is 43.4 Å². The Kier molecular flexibility index (Phi) is 2.54. The number of hydrogen-bond acceptors (Lipinski definition) is 3. The molecule has 11 heavy (non-hydrogen) atoms. The largest absolute Gasteiger partial charge is 0.380 e. The first-order valence-electron chi connectivity index (χ1n) is 3.78. The summed E-state index contributed by atoms with van der Waals surface area (Å²) in [5.74, 6) is 0.249. The second-order valence-corrected chi connectivity index (χ2v) is 5.47. The van der Waals surface area contributed by atoms with Crippen LogP contribution in [0.5, 0.6) is 0 Å². The van der Waals surface area contributed by atoms with Crippen LogP contribution in [-0.4, -0.2) is 33.1 Å². The average molecular weight is 178 g/mol. The standard InChI is InChI=1S/C7H14O3S/c1-6-3-4-10-5-7(6)11(2,8)9/h6-7H,3-5H2,1-2H3/t6-,7+/m1/s1. The number of ether oxygens (including phenoxy) is 1. The molecule has 4 heteroatoms. The third-order valence-electron chi connectivity index (χ3n) is 2.18. The monoisotopic (exact) mass is 178 g/mol. The van der Waals surface area contributed by atoms with Gasteiger partial charge in [-0.05, 0) is 12.3 Å². The predicted molar refractivity (Wildman–Crippen MR) is 43.2 cm³/mol. The van der Waals surface area contributed by atoms with Crippen molar-refractivity contribution in [3.8, 4) is 0 Å². The molecule has 66 valence electrons. The fraction of sp³-hybridized carbons (Fsp3) is 1.00. The van der Waals surface area contributed by atoms with Crippen LogP contribution in [0.4, 0.5) is 0 Å². The lowest BCUT2D eigenvalue weighted by atomic mass is 10.0. The molecule has 1 fully saturated rings. The molecule has 1 aliphatic heterocycles. The minimum Gasteiger partial charge on any atom is -0.380 e. The highest BCUT2D eigenvalue weighted by atomic mass is 32.2. The summed E-state index contributed by atoms with van der Waals surface area (Å²) < 4.78 is 27.3. The highest BCUT2D eigenvalue weighted by Crippen LogP contribution is 2.20. The lowest BCUT2D eigenvalue weighted by molar-refractivity contribution is 0.0746. The average Bonchev–Trinajstić information content (AvgIpc) is 1.86. The molecule has 0 unspecified atom stereocenters. The molecule has 0 aromatic carbocycles. The van der Waals surface area contributed by atoms with E-state index in [1.54, 1.807) is 0 Å². The fourth-order valence-electron chi connectivity index (χ4n) is 1.36. The lowest BCUT2D eigenvalue weighted by Crippen LogP contribution is -2.36. The van der Waals surface area contributed by atoms with Crippen LogP contribution in [0.25, 0.3) is 0 Å². The second kappa shape index (κ2) is 3.11. The second-order valence-electron chi connectivity index (χ2n) is 3.21. The minimum absolute atomic E-state index is 0.249. The zero-order chi connectivity index (χ0) is 8.48. The van der Waals surface area contributed by atoms with Crippen LogP contribution >= 0.6 is 0 Å². The van der Waals surface area contributed by atoms with E-state index in [1.807, 2.05) is 6.92 Å². The van der Waals surface area contributed by atoms with Crippen LogP contribution in [0.15, 0.2) is 0 Å². The summed E-state index contributed by atoms with van der Waals surface area (Å²) in [5.41, 5.74) is 0. The third kappa shape index (κ3) is 2.17. The van der Waals surface area contributed by atoms with Crippen LogP contribution in [0.2, 0.25) is 0 Å². The normalized spacial score (nSPS) is 33.6. The zero-order valence-electron chi connectivity index (χ0n) is 6.91. The summed E-state index contributed by atoms with van der Waals surface area (Å²) in [6.45, 7) is 3.04. The van der Waals surface area contributed by atoms with Crippen molar-refractivity contribution in [2.24, 2.45) is 5.92 Å². The van der Waals surface area contributed by atoms with Gasteiger partial charge in [0.25, 0.3) is 0 Å². The van der Waals surface area contributed by atoms with Crippen molar-refractivity contribution in [1.82, 2.24) is 0 Å². The molecule has 1 rings (SSSR count). The summed E-state index contributed by atoms with van der Waals surface area (Å²) in [4.78, 5) is 0. The maximum Gasteiger partial charge on any atom is 0.152 e. The zero-order valence-corrected chi connectivity index (χ0v) is 7.73. The summed E-state index contributed by atoms with van der Waals surface area (Å²) >= 11 is 0.